The summed E-state index contributed by atoms with van der Waals surface area (Å²) in [6.45, 7) is 2.34. The molecule has 0 aliphatic rings. The molecule has 16 heteroatoms. The van der Waals surface area contributed by atoms with Crippen molar-refractivity contribution < 1.29 is 40.8 Å². The van der Waals surface area contributed by atoms with E-state index in [0.29, 0.717) is 42.9 Å². The predicted molar refractivity (Wildman–Crippen MR) is 187 cm³/mol. The van der Waals surface area contributed by atoms with Gasteiger partial charge in [0.25, 0.3) is 0 Å². The van der Waals surface area contributed by atoms with Gasteiger partial charge in [-0.15, -0.1) is 12.4 Å². The van der Waals surface area contributed by atoms with Crippen LogP contribution in [0.15, 0.2) is 73.3 Å². The Morgan fingerprint density at radius 1 is 0.917 bits per heavy atom. The first-order valence-corrected chi connectivity index (χ1v) is 15.9. The van der Waals surface area contributed by atoms with E-state index in [-0.39, 0.29) is 44.6 Å². The molecule has 1 aromatic heterocycles. The number of carbonyl (C=O) groups is 2. The first kappa shape index (κ1) is 41.7. The summed E-state index contributed by atoms with van der Waals surface area (Å²) in [5, 5.41) is 5.14. The number of hydrogen-bond donors (Lipinski definition) is 1. The first-order chi connectivity index (χ1) is 21.9. The monoisotopic (exact) mass is 798 g/mol. The Bertz CT molecular complexity index is 1690. The highest BCUT2D eigenvalue weighted by Crippen LogP contribution is 2.31. The smallest absolute Gasteiger partial charge is 0.417 e. The van der Waals surface area contributed by atoms with Crippen LogP contribution >= 0.6 is 70.4 Å². The van der Waals surface area contributed by atoms with Crippen molar-refractivity contribution in [1.29, 1.82) is 0 Å². The summed E-state index contributed by atoms with van der Waals surface area (Å²) in [4.78, 5) is 26.4. The van der Waals surface area contributed by atoms with Crippen molar-refractivity contribution >= 4 is 88.2 Å². The number of amides is 1. The molecule has 0 radical (unpaired) electrons. The van der Waals surface area contributed by atoms with Crippen molar-refractivity contribution in [2.45, 2.75) is 39.0 Å². The summed E-state index contributed by atoms with van der Waals surface area (Å²) < 4.78 is 21.0. The van der Waals surface area contributed by atoms with E-state index >= 15 is 0 Å². The van der Waals surface area contributed by atoms with Crippen LogP contribution in [0.4, 0.5) is 10.5 Å². The van der Waals surface area contributed by atoms with Crippen molar-refractivity contribution in [1.82, 2.24) is 9.88 Å². The van der Waals surface area contributed by atoms with Gasteiger partial charge in [0.15, 0.2) is 0 Å². The molecule has 0 aliphatic heterocycles. The van der Waals surface area contributed by atoms with Crippen LogP contribution in [-0.4, -0.2) is 37.3 Å². The molecule has 48 heavy (non-hydrogen) atoms. The average molecular weight is 802 g/mol. The van der Waals surface area contributed by atoms with Gasteiger partial charge in [-0.25, -0.2) is 9.36 Å². The number of imidazole rings is 1. The molecule has 0 aliphatic carbocycles. The minimum atomic E-state index is -0.682. The molecule has 1 amide bonds. The van der Waals surface area contributed by atoms with E-state index in [1.165, 1.54) is 4.90 Å². The Morgan fingerprint density at radius 2 is 1.54 bits per heavy atom. The lowest BCUT2D eigenvalue weighted by Gasteiger charge is -2.22. The van der Waals surface area contributed by atoms with Crippen LogP contribution in [0.1, 0.15) is 35.9 Å². The van der Waals surface area contributed by atoms with Gasteiger partial charge in [0.1, 0.15) is 31.6 Å². The number of likely N-dealkylation sites (N-methyl/N-ethyl adjacent to an activating group) is 1. The molecule has 2 unspecified atom stereocenters. The maximum absolute atomic E-state index is 13.2. The van der Waals surface area contributed by atoms with E-state index in [1.807, 2.05) is 22.9 Å². The fourth-order valence-electron chi connectivity index (χ4n) is 4.47. The van der Waals surface area contributed by atoms with E-state index in [1.54, 1.807) is 80.6 Å². The summed E-state index contributed by atoms with van der Waals surface area (Å²) in [7, 11) is 3.20. The molecule has 4 aromatic rings. The van der Waals surface area contributed by atoms with Crippen LogP contribution in [0.3, 0.4) is 0 Å². The Balaban J connectivity index is 0.00000400. The molecule has 0 bridgehead atoms. The fraction of sp³-hybridized carbons (Fsp3) is 0.281. The Labute approximate surface area is 316 Å². The molecule has 9 nitrogen and oxygen atoms in total. The Morgan fingerprint density at radius 3 is 2.19 bits per heavy atom. The number of nitrogens with zero attached hydrogens (tertiary/aromatic N) is 3. The van der Waals surface area contributed by atoms with Gasteiger partial charge in [-0.1, -0.05) is 76.2 Å². The molecule has 0 saturated carbocycles. The van der Waals surface area contributed by atoms with Gasteiger partial charge in [0.2, 0.25) is 12.6 Å². The third kappa shape index (κ3) is 11.6. The number of esters is 1. The van der Waals surface area contributed by atoms with Crippen LogP contribution in [0, 0.1) is 0 Å². The molecule has 3 aromatic carbocycles. The van der Waals surface area contributed by atoms with Gasteiger partial charge >= 0.3 is 12.1 Å². The maximum Gasteiger partial charge on any atom is 0.417 e. The zero-order valence-electron chi connectivity index (χ0n) is 26.0. The molecule has 0 spiro atoms. The molecular formula is C32H33Cl7N4O5. The number of benzene rings is 3. The number of anilines is 1. The lowest BCUT2D eigenvalue weighted by molar-refractivity contribution is -0.705. The average Bonchev–Trinajstić information content (AvgIpc) is 3.48. The quantitative estimate of drug-likeness (QED) is 0.143. The summed E-state index contributed by atoms with van der Waals surface area (Å²) in [5.41, 5.74) is 2.55. The topological polar surface area (TPSA) is 85.9 Å². The molecule has 0 fully saturated rings. The highest BCUT2D eigenvalue weighted by atomic mass is 35.5. The normalized spacial score (nSPS) is 11.9. The van der Waals surface area contributed by atoms with Crippen LogP contribution in [0.25, 0.3) is 0 Å². The number of rotatable bonds is 13. The molecule has 1 N–H and O–H groups in total. The standard InChI is InChI=1S/C32H32Cl5N4O5.2ClH/c1-20(46-32(43)39(3)29-14-25(35)7-5-22(29)18-45-31(42)15-38-2)41-11-10-40(19-41)16-30(26-9-8-24(34)13-28(26)37)44-17-21-4-6-23(33)12-27(21)36;;/h4-14,19-20,30,38H,15-18H2,1-3H3;2*1H/q+1;;/p-1. The zero-order valence-corrected chi connectivity index (χ0v) is 31.3. The van der Waals surface area contributed by atoms with Gasteiger partial charge in [0.05, 0.1) is 18.8 Å². The minimum Gasteiger partial charge on any atom is -1.00 e. The van der Waals surface area contributed by atoms with Crippen LogP contribution < -0.4 is 27.2 Å². The SMILES string of the molecule is CNCC(=O)OCc1ccc(Cl)cc1N(C)C(=O)OC(C)n1cc[n+](CC(OCc2ccc(Cl)cc2Cl)c2ccc(Cl)cc2Cl)c1.Cl.[Cl-]. The number of carbonyl (C=O) groups excluding carboxylic acids is 2. The van der Waals surface area contributed by atoms with E-state index in [2.05, 4.69) is 5.32 Å². The maximum atomic E-state index is 13.2. The largest absolute Gasteiger partial charge is 1.00 e. The summed E-state index contributed by atoms with van der Waals surface area (Å²) in [6.07, 6.45) is 3.60. The van der Waals surface area contributed by atoms with E-state index in [4.69, 9.17) is 72.2 Å². The van der Waals surface area contributed by atoms with Crippen LogP contribution in [0.5, 0.6) is 0 Å². The second-order valence-corrected chi connectivity index (χ2v) is 12.4. The summed E-state index contributed by atoms with van der Waals surface area (Å²) >= 11 is 31.4. The number of aromatic nitrogens is 2. The van der Waals surface area contributed by atoms with Crippen molar-refractivity contribution in [3.63, 3.8) is 0 Å². The molecule has 2 atom stereocenters. The number of nitrogens with one attached hydrogen (secondary N) is 1. The lowest BCUT2D eigenvalue weighted by atomic mass is 10.1. The predicted octanol–water partition coefficient (Wildman–Crippen LogP) is 5.48. The third-order valence-corrected chi connectivity index (χ3v) is 8.32. The minimum absolute atomic E-state index is 0. The van der Waals surface area contributed by atoms with Crippen molar-refractivity contribution in [2.75, 3.05) is 25.5 Å². The molecule has 1 heterocycles. The van der Waals surface area contributed by atoms with Gasteiger partial charge in [-0.05, 0) is 49.0 Å². The zero-order chi connectivity index (χ0) is 33.4. The molecule has 4 rings (SSSR count). The lowest BCUT2D eigenvalue weighted by Crippen LogP contribution is -3.00. The fourth-order valence-corrected chi connectivity index (χ4v) is 5.63. The van der Waals surface area contributed by atoms with Crippen LogP contribution in [0.2, 0.25) is 25.1 Å². The van der Waals surface area contributed by atoms with Crippen molar-refractivity contribution in [3.05, 3.63) is 115 Å². The second kappa shape index (κ2) is 19.7. The molecular weight excluding hydrogens is 769 g/mol. The van der Waals surface area contributed by atoms with E-state index in [0.717, 1.165) is 11.1 Å². The Hall–Kier alpha value is -2.44. The third-order valence-electron chi connectivity index (χ3n) is 6.94. The van der Waals surface area contributed by atoms with Crippen LogP contribution in [-0.2, 0) is 38.8 Å². The Kier molecular flexibility index (Phi) is 17.1. The van der Waals surface area contributed by atoms with E-state index in [9.17, 15) is 9.59 Å². The number of hydrogen-bond acceptors (Lipinski definition) is 6. The first-order valence-electron chi connectivity index (χ1n) is 14.0. The number of ether oxygens (including phenoxy) is 3. The van der Waals surface area contributed by atoms with Crippen molar-refractivity contribution in [3.8, 4) is 0 Å². The van der Waals surface area contributed by atoms with Gasteiger partial charge in [0, 0.05) is 50.2 Å². The summed E-state index contributed by atoms with van der Waals surface area (Å²) in [6, 6.07) is 15.4. The summed E-state index contributed by atoms with van der Waals surface area (Å²) in [5.74, 6) is -0.428. The highest BCUT2D eigenvalue weighted by molar-refractivity contribution is 6.35. The number of halogens is 7. The van der Waals surface area contributed by atoms with Crippen molar-refractivity contribution in [2.24, 2.45) is 0 Å². The van der Waals surface area contributed by atoms with Gasteiger partial charge in [-0.3, -0.25) is 9.69 Å². The molecule has 260 valence electrons. The highest BCUT2D eigenvalue weighted by Gasteiger charge is 2.25. The second-order valence-electron chi connectivity index (χ2n) is 10.3. The molecule has 0 saturated heterocycles. The van der Waals surface area contributed by atoms with Gasteiger partial charge in [-0.2, -0.15) is 4.57 Å². The van der Waals surface area contributed by atoms with E-state index < -0.39 is 24.4 Å². The van der Waals surface area contributed by atoms with Gasteiger partial charge < -0.3 is 31.9 Å².